The van der Waals surface area contributed by atoms with Crippen LogP contribution in [0.2, 0.25) is 5.02 Å². The van der Waals surface area contributed by atoms with Crippen molar-refractivity contribution in [1.82, 2.24) is 0 Å². The van der Waals surface area contributed by atoms with E-state index in [0.717, 1.165) is 0 Å². The number of carbonyl (C=O) groups is 1. The molecule has 1 aromatic carbocycles. The Morgan fingerprint density at radius 2 is 1.94 bits per heavy atom. The van der Waals surface area contributed by atoms with Gasteiger partial charge >= 0.3 is 5.97 Å². The molecule has 1 N–H and O–H groups in total. The van der Waals surface area contributed by atoms with E-state index in [-0.39, 0.29) is 12.2 Å². The maximum Gasteiger partial charge on any atom is 0.317 e. The summed E-state index contributed by atoms with van der Waals surface area (Å²) in [6.07, 6.45) is -4.63. The molecule has 0 radical (unpaired) electrons. The van der Waals surface area contributed by atoms with Crippen LogP contribution in [-0.4, -0.2) is 24.1 Å². The quantitative estimate of drug-likeness (QED) is 0.843. The van der Waals surface area contributed by atoms with E-state index in [2.05, 4.69) is 4.74 Å². The van der Waals surface area contributed by atoms with Crippen molar-refractivity contribution < 1.29 is 23.4 Å². The van der Waals surface area contributed by atoms with Crippen LogP contribution in [0.5, 0.6) is 0 Å². The normalized spacial score (nSPS) is 14.3. The second-order valence-corrected chi connectivity index (χ2v) is 4.05. The SMILES string of the molecule is CCOC(=O)C(C(F)F)C(O)c1ccc(Cl)cc1. The first-order valence-electron chi connectivity index (χ1n) is 5.35. The summed E-state index contributed by atoms with van der Waals surface area (Å²) in [5, 5.41) is 10.2. The minimum absolute atomic E-state index is 0.0185. The molecule has 0 aliphatic rings. The molecule has 2 atom stereocenters. The van der Waals surface area contributed by atoms with E-state index >= 15 is 0 Å². The van der Waals surface area contributed by atoms with Crippen LogP contribution < -0.4 is 0 Å². The average Bonchev–Trinajstić information content (AvgIpc) is 2.29. The van der Waals surface area contributed by atoms with Crippen LogP contribution in [-0.2, 0) is 9.53 Å². The van der Waals surface area contributed by atoms with Gasteiger partial charge in [0.05, 0.1) is 12.7 Å². The van der Waals surface area contributed by atoms with E-state index in [1.54, 1.807) is 0 Å². The third-order valence-electron chi connectivity index (χ3n) is 2.38. The van der Waals surface area contributed by atoms with Crippen LogP contribution >= 0.6 is 11.6 Å². The minimum atomic E-state index is -3.00. The molecule has 0 saturated carbocycles. The molecule has 0 saturated heterocycles. The molecule has 6 heteroatoms. The largest absolute Gasteiger partial charge is 0.466 e. The lowest BCUT2D eigenvalue weighted by molar-refractivity contribution is -0.160. The van der Waals surface area contributed by atoms with Crippen molar-refractivity contribution in [2.24, 2.45) is 5.92 Å². The number of rotatable bonds is 5. The first-order chi connectivity index (χ1) is 8.47. The standard InChI is InChI=1S/C12H13ClF2O3/c1-2-18-12(17)9(11(14)15)10(16)7-3-5-8(13)6-4-7/h3-6,9-11,16H,2H2,1H3. The molecule has 18 heavy (non-hydrogen) atoms. The molecule has 0 spiro atoms. The Morgan fingerprint density at radius 3 is 2.39 bits per heavy atom. The topological polar surface area (TPSA) is 46.5 Å². The Labute approximate surface area is 108 Å². The Balaban J connectivity index is 2.92. The van der Waals surface area contributed by atoms with E-state index in [4.69, 9.17) is 11.6 Å². The Bertz CT molecular complexity index is 395. The van der Waals surface area contributed by atoms with Gasteiger partial charge in [-0.15, -0.1) is 0 Å². The molecule has 100 valence electrons. The number of aliphatic hydroxyl groups excluding tert-OH is 1. The lowest BCUT2D eigenvalue weighted by Gasteiger charge is -2.20. The second-order valence-electron chi connectivity index (χ2n) is 3.61. The predicted molar refractivity (Wildman–Crippen MR) is 62.5 cm³/mol. The van der Waals surface area contributed by atoms with Crippen LogP contribution in [0.15, 0.2) is 24.3 Å². The summed E-state index contributed by atoms with van der Waals surface area (Å²) >= 11 is 5.65. The third-order valence-corrected chi connectivity index (χ3v) is 2.63. The molecule has 2 unspecified atom stereocenters. The zero-order valence-corrected chi connectivity index (χ0v) is 10.4. The Hall–Kier alpha value is -1.20. The third kappa shape index (κ3) is 3.65. The van der Waals surface area contributed by atoms with Crippen molar-refractivity contribution >= 4 is 17.6 Å². The summed E-state index contributed by atoms with van der Waals surface area (Å²) in [5.74, 6) is -3.01. The summed E-state index contributed by atoms with van der Waals surface area (Å²) in [7, 11) is 0. The maximum absolute atomic E-state index is 12.8. The molecular weight excluding hydrogens is 266 g/mol. The van der Waals surface area contributed by atoms with Gasteiger partial charge in [0.1, 0.15) is 5.92 Å². The number of hydrogen-bond donors (Lipinski definition) is 1. The van der Waals surface area contributed by atoms with Gasteiger partial charge in [0, 0.05) is 5.02 Å². The van der Waals surface area contributed by atoms with E-state index < -0.39 is 24.4 Å². The van der Waals surface area contributed by atoms with Crippen molar-refractivity contribution in [3.05, 3.63) is 34.9 Å². The molecule has 0 aliphatic heterocycles. The lowest BCUT2D eigenvalue weighted by Crippen LogP contribution is -2.30. The van der Waals surface area contributed by atoms with Gasteiger partial charge in [0.2, 0.25) is 0 Å². The second kappa shape index (κ2) is 6.66. The van der Waals surface area contributed by atoms with Gasteiger partial charge in [-0.1, -0.05) is 23.7 Å². The minimum Gasteiger partial charge on any atom is -0.466 e. The van der Waals surface area contributed by atoms with Gasteiger partial charge in [-0.2, -0.15) is 0 Å². The average molecular weight is 279 g/mol. The van der Waals surface area contributed by atoms with E-state index in [1.807, 2.05) is 0 Å². The van der Waals surface area contributed by atoms with Gasteiger partial charge in [0.15, 0.2) is 0 Å². The summed E-state index contributed by atoms with van der Waals surface area (Å²) in [4.78, 5) is 11.4. The number of hydrogen-bond acceptors (Lipinski definition) is 3. The van der Waals surface area contributed by atoms with Crippen LogP contribution in [0, 0.1) is 5.92 Å². The highest BCUT2D eigenvalue weighted by atomic mass is 35.5. The molecule has 3 nitrogen and oxygen atoms in total. The molecule has 1 rings (SSSR count). The first-order valence-corrected chi connectivity index (χ1v) is 5.73. The van der Waals surface area contributed by atoms with E-state index in [9.17, 15) is 18.7 Å². The van der Waals surface area contributed by atoms with E-state index in [0.29, 0.717) is 5.02 Å². The molecule has 0 bridgehead atoms. The number of alkyl halides is 2. The van der Waals surface area contributed by atoms with E-state index in [1.165, 1.54) is 31.2 Å². The van der Waals surface area contributed by atoms with Crippen molar-refractivity contribution in [1.29, 1.82) is 0 Å². The summed E-state index contributed by atoms with van der Waals surface area (Å²) in [5.41, 5.74) is 0.192. The summed E-state index contributed by atoms with van der Waals surface area (Å²) < 4.78 is 30.1. The predicted octanol–water partition coefficient (Wildman–Crippen LogP) is 2.82. The summed E-state index contributed by atoms with van der Waals surface area (Å²) in [6, 6.07) is 5.69. The molecule has 0 heterocycles. The molecule has 1 aromatic rings. The van der Waals surface area contributed by atoms with Crippen LogP contribution in [0.3, 0.4) is 0 Å². The van der Waals surface area contributed by atoms with Crippen LogP contribution in [0.4, 0.5) is 8.78 Å². The fraction of sp³-hybridized carbons (Fsp3) is 0.417. The first kappa shape index (κ1) is 14.9. The van der Waals surface area contributed by atoms with Gasteiger partial charge < -0.3 is 9.84 Å². The van der Waals surface area contributed by atoms with Crippen molar-refractivity contribution in [3.63, 3.8) is 0 Å². The van der Waals surface area contributed by atoms with Crippen LogP contribution in [0.1, 0.15) is 18.6 Å². The van der Waals surface area contributed by atoms with Crippen LogP contribution in [0.25, 0.3) is 0 Å². The zero-order chi connectivity index (χ0) is 13.7. The van der Waals surface area contributed by atoms with Gasteiger partial charge in [0.25, 0.3) is 6.43 Å². The van der Waals surface area contributed by atoms with Crippen molar-refractivity contribution in [3.8, 4) is 0 Å². The molecular formula is C12H13ClF2O3. The lowest BCUT2D eigenvalue weighted by atomic mass is 9.96. The highest BCUT2D eigenvalue weighted by Crippen LogP contribution is 2.29. The van der Waals surface area contributed by atoms with Gasteiger partial charge in [-0.05, 0) is 24.6 Å². The molecule has 0 amide bonds. The number of ether oxygens (including phenoxy) is 1. The number of carbonyl (C=O) groups excluding carboxylic acids is 1. The zero-order valence-electron chi connectivity index (χ0n) is 9.65. The number of aliphatic hydroxyl groups is 1. The number of halogens is 3. The highest BCUT2D eigenvalue weighted by molar-refractivity contribution is 6.30. The number of benzene rings is 1. The molecule has 0 fully saturated rings. The van der Waals surface area contributed by atoms with Crippen molar-refractivity contribution in [2.75, 3.05) is 6.61 Å². The highest BCUT2D eigenvalue weighted by Gasteiger charge is 2.37. The molecule has 0 aliphatic carbocycles. The Kier molecular flexibility index (Phi) is 5.50. The molecule has 0 aromatic heterocycles. The smallest absolute Gasteiger partial charge is 0.317 e. The monoisotopic (exact) mass is 278 g/mol. The van der Waals surface area contributed by atoms with Gasteiger partial charge in [-0.3, -0.25) is 4.79 Å². The number of esters is 1. The van der Waals surface area contributed by atoms with Gasteiger partial charge in [-0.25, -0.2) is 8.78 Å². The fourth-order valence-electron chi connectivity index (χ4n) is 1.48. The Morgan fingerprint density at radius 1 is 1.39 bits per heavy atom. The fourth-order valence-corrected chi connectivity index (χ4v) is 1.60. The summed E-state index contributed by atoms with van der Waals surface area (Å²) in [6.45, 7) is 1.49. The maximum atomic E-state index is 12.8. The van der Waals surface area contributed by atoms with Crippen molar-refractivity contribution in [2.45, 2.75) is 19.5 Å².